The summed E-state index contributed by atoms with van der Waals surface area (Å²) >= 11 is 0. The van der Waals surface area contributed by atoms with Crippen molar-refractivity contribution in [2.45, 2.75) is 26.4 Å². The van der Waals surface area contributed by atoms with Crippen LogP contribution in [0.5, 0.6) is 0 Å². The first-order chi connectivity index (χ1) is 15.5. The molecule has 0 aliphatic heterocycles. The van der Waals surface area contributed by atoms with Crippen LogP contribution in [-0.4, -0.2) is 39.7 Å². The lowest BCUT2D eigenvalue weighted by molar-refractivity contribution is 0.0635. The monoisotopic (exact) mass is 451 g/mol. The molecular formula is C24H29N5O4. The normalized spacial score (nSPS) is 11.1. The summed E-state index contributed by atoms with van der Waals surface area (Å²) in [5, 5.41) is 8.10. The number of hydrogen-bond acceptors (Lipinski definition) is 4. The lowest BCUT2D eigenvalue weighted by atomic mass is 10.1. The van der Waals surface area contributed by atoms with Gasteiger partial charge in [-0.25, -0.2) is 4.79 Å². The third kappa shape index (κ3) is 5.82. The molecule has 0 bridgehead atoms. The number of aryl methyl sites for hydroxylation is 2. The molecule has 2 aromatic heterocycles. The fourth-order valence-corrected chi connectivity index (χ4v) is 3.30. The van der Waals surface area contributed by atoms with Gasteiger partial charge in [0.15, 0.2) is 0 Å². The summed E-state index contributed by atoms with van der Waals surface area (Å²) in [5.41, 5.74) is 3.22. The topological polar surface area (TPSA) is 106 Å². The van der Waals surface area contributed by atoms with Crippen LogP contribution in [0, 0.1) is 0 Å². The molecule has 0 saturated carbocycles. The Kier molecular flexibility index (Phi) is 6.62. The highest BCUT2D eigenvalue weighted by molar-refractivity contribution is 6.04. The first-order valence-corrected chi connectivity index (χ1v) is 10.4. The molecule has 2 heterocycles. The maximum atomic E-state index is 12.8. The van der Waals surface area contributed by atoms with Gasteiger partial charge in [-0.05, 0) is 50.6 Å². The number of nitrogens with one attached hydrogen (secondary N) is 3. The van der Waals surface area contributed by atoms with Crippen molar-refractivity contribution < 1.29 is 19.1 Å². The average molecular weight is 452 g/mol. The zero-order chi connectivity index (χ0) is 24.3. The van der Waals surface area contributed by atoms with E-state index in [9.17, 15) is 14.4 Å². The van der Waals surface area contributed by atoms with Crippen molar-refractivity contribution in [3.8, 4) is 11.1 Å². The second-order valence-corrected chi connectivity index (χ2v) is 8.69. The molecule has 174 valence electrons. The van der Waals surface area contributed by atoms with Gasteiger partial charge in [-0.15, -0.1) is 0 Å². The van der Waals surface area contributed by atoms with Gasteiger partial charge in [0.25, 0.3) is 11.8 Å². The van der Waals surface area contributed by atoms with Crippen LogP contribution in [0.3, 0.4) is 0 Å². The Labute approximate surface area is 192 Å². The average Bonchev–Trinajstić information content (AvgIpc) is 3.28. The van der Waals surface area contributed by atoms with Gasteiger partial charge < -0.3 is 24.5 Å². The molecule has 3 N–H and O–H groups in total. The lowest BCUT2D eigenvalue weighted by Gasteiger charge is -2.19. The summed E-state index contributed by atoms with van der Waals surface area (Å²) in [7, 11) is 5.13. The molecule has 9 nitrogen and oxygen atoms in total. The van der Waals surface area contributed by atoms with E-state index in [0.29, 0.717) is 22.8 Å². The summed E-state index contributed by atoms with van der Waals surface area (Å²) in [4.78, 5) is 36.6. The van der Waals surface area contributed by atoms with Crippen LogP contribution in [0.2, 0.25) is 0 Å². The van der Waals surface area contributed by atoms with Crippen molar-refractivity contribution in [1.29, 1.82) is 0 Å². The summed E-state index contributed by atoms with van der Waals surface area (Å²) in [6, 6.07) is 10.7. The molecule has 0 fully saturated rings. The fourth-order valence-electron chi connectivity index (χ4n) is 3.30. The van der Waals surface area contributed by atoms with Crippen LogP contribution >= 0.6 is 0 Å². The largest absolute Gasteiger partial charge is 0.444 e. The Morgan fingerprint density at radius 1 is 0.788 bits per heavy atom. The van der Waals surface area contributed by atoms with Gasteiger partial charge in [-0.1, -0.05) is 12.1 Å². The molecule has 3 rings (SSSR count). The lowest BCUT2D eigenvalue weighted by Crippen LogP contribution is -2.27. The van der Waals surface area contributed by atoms with Crippen molar-refractivity contribution in [2.24, 2.45) is 14.1 Å². The van der Waals surface area contributed by atoms with E-state index in [0.717, 1.165) is 11.1 Å². The second-order valence-electron chi connectivity index (χ2n) is 8.69. The van der Waals surface area contributed by atoms with Crippen molar-refractivity contribution >= 4 is 29.3 Å². The second kappa shape index (κ2) is 9.23. The van der Waals surface area contributed by atoms with E-state index in [2.05, 4.69) is 16.0 Å². The van der Waals surface area contributed by atoms with Gasteiger partial charge in [0.1, 0.15) is 17.0 Å². The number of benzene rings is 1. The first-order valence-electron chi connectivity index (χ1n) is 10.4. The number of hydrogen-bond donors (Lipinski definition) is 3. The van der Waals surface area contributed by atoms with E-state index in [-0.39, 0.29) is 11.8 Å². The number of carbonyl (C=O) groups excluding carboxylic acids is 3. The summed E-state index contributed by atoms with van der Waals surface area (Å²) < 4.78 is 8.63. The molecule has 3 amide bonds. The summed E-state index contributed by atoms with van der Waals surface area (Å²) in [5.74, 6) is -0.472. The van der Waals surface area contributed by atoms with E-state index in [1.165, 1.54) is 0 Å². The number of nitrogens with zero attached hydrogens (tertiary/aromatic N) is 2. The van der Waals surface area contributed by atoms with Crippen LogP contribution in [0.1, 0.15) is 41.7 Å². The molecule has 0 aliphatic rings. The highest BCUT2D eigenvalue weighted by Gasteiger charge is 2.18. The van der Waals surface area contributed by atoms with Crippen LogP contribution in [0.25, 0.3) is 11.1 Å². The number of aromatic nitrogens is 2. The minimum atomic E-state index is -0.616. The minimum Gasteiger partial charge on any atom is -0.444 e. The minimum absolute atomic E-state index is 0.157. The molecule has 9 heteroatoms. The van der Waals surface area contributed by atoms with Gasteiger partial charge >= 0.3 is 6.09 Å². The van der Waals surface area contributed by atoms with Crippen LogP contribution in [0.15, 0.2) is 48.8 Å². The predicted octanol–water partition coefficient (Wildman–Crippen LogP) is 3.99. The maximum Gasteiger partial charge on any atom is 0.412 e. The smallest absolute Gasteiger partial charge is 0.412 e. The fraction of sp³-hybridized carbons (Fsp3) is 0.292. The number of rotatable bonds is 5. The third-order valence-corrected chi connectivity index (χ3v) is 4.82. The van der Waals surface area contributed by atoms with Crippen LogP contribution in [-0.2, 0) is 18.8 Å². The van der Waals surface area contributed by atoms with Crippen molar-refractivity contribution in [1.82, 2.24) is 14.5 Å². The van der Waals surface area contributed by atoms with E-state index in [4.69, 9.17) is 4.74 Å². The Morgan fingerprint density at radius 2 is 1.39 bits per heavy atom. The SMILES string of the molecule is CNC(=O)c1cc(-c2ccc(NC(=O)c3cc(NC(=O)OC(C)(C)C)cn3C)cc2)cn1C. The molecule has 1 aromatic carbocycles. The van der Waals surface area contributed by atoms with Gasteiger partial charge in [0, 0.05) is 44.8 Å². The molecule has 3 aromatic rings. The molecule has 0 spiro atoms. The predicted molar refractivity (Wildman–Crippen MR) is 127 cm³/mol. The Hall–Kier alpha value is -4.01. The standard InChI is InChI=1S/C24H29N5O4/c1-24(2,3)33-23(32)27-18-12-20(29(6)14-18)22(31)26-17-9-7-15(8-10-17)16-11-19(21(30)25-4)28(5)13-16/h7-14H,1-6H3,(H,25,30)(H,26,31)(H,27,32). The van der Waals surface area contributed by atoms with Crippen LogP contribution in [0.4, 0.5) is 16.2 Å². The van der Waals surface area contributed by atoms with Crippen molar-refractivity contribution in [2.75, 3.05) is 17.7 Å². The molecule has 33 heavy (non-hydrogen) atoms. The maximum absolute atomic E-state index is 12.8. The van der Waals surface area contributed by atoms with E-state index in [1.54, 1.807) is 68.4 Å². The summed E-state index contributed by atoms with van der Waals surface area (Å²) in [6.07, 6.45) is 2.93. The molecule has 0 unspecified atom stereocenters. The highest BCUT2D eigenvalue weighted by atomic mass is 16.6. The number of carbonyl (C=O) groups is 3. The zero-order valence-corrected chi connectivity index (χ0v) is 19.6. The van der Waals surface area contributed by atoms with Gasteiger partial charge in [-0.2, -0.15) is 0 Å². The Bertz CT molecular complexity index is 1180. The quantitative estimate of drug-likeness (QED) is 0.545. The van der Waals surface area contributed by atoms with Gasteiger partial charge in [0.2, 0.25) is 0 Å². The van der Waals surface area contributed by atoms with E-state index in [1.807, 2.05) is 31.4 Å². The summed E-state index contributed by atoms with van der Waals surface area (Å²) in [6.45, 7) is 5.33. The van der Waals surface area contributed by atoms with Gasteiger partial charge in [0.05, 0.1) is 5.69 Å². The van der Waals surface area contributed by atoms with E-state index < -0.39 is 11.7 Å². The number of anilines is 2. The Morgan fingerprint density at radius 3 is 2.00 bits per heavy atom. The molecule has 0 aliphatic carbocycles. The first kappa shape index (κ1) is 23.6. The van der Waals surface area contributed by atoms with E-state index >= 15 is 0 Å². The van der Waals surface area contributed by atoms with Crippen LogP contribution < -0.4 is 16.0 Å². The van der Waals surface area contributed by atoms with Gasteiger partial charge in [-0.3, -0.25) is 14.9 Å². The molecule has 0 atom stereocenters. The number of ether oxygens (including phenoxy) is 1. The third-order valence-electron chi connectivity index (χ3n) is 4.82. The Balaban J connectivity index is 1.68. The van der Waals surface area contributed by atoms with Crippen molar-refractivity contribution in [3.63, 3.8) is 0 Å². The van der Waals surface area contributed by atoms with Crippen molar-refractivity contribution in [3.05, 3.63) is 60.2 Å². The highest BCUT2D eigenvalue weighted by Crippen LogP contribution is 2.24. The zero-order valence-electron chi connectivity index (χ0n) is 19.6. The molecule has 0 radical (unpaired) electrons. The number of amides is 3. The molecular weight excluding hydrogens is 422 g/mol. The molecule has 0 saturated heterocycles.